The molecule has 0 radical (unpaired) electrons. The molecule has 0 aliphatic carbocycles. The molecule has 0 saturated heterocycles. The van der Waals surface area contributed by atoms with E-state index in [1.165, 1.54) is 29.0 Å². The van der Waals surface area contributed by atoms with Crippen LogP contribution in [0, 0.1) is 0 Å². The molecule has 11 nitrogen and oxygen atoms in total. The quantitative estimate of drug-likeness (QED) is 0.268. The molecule has 12 heteroatoms. The third kappa shape index (κ3) is 9.79. The minimum atomic E-state index is -2.79. The van der Waals surface area contributed by atoms with Crippen LogP contribution in [0.2, 0.25) is 0 Å². The lowest BCUT2D eigenvalue weighted by Crippen LogP contribution is -2.28. The Balaban J connectivity index is 2.73. The number of rotatable bonds is 9. The lowest BCUT2D eigenvalue weighted by atomic mass is 10.5. The number of nitrogens with zero attached hydrogens (tertiary/aromatic N) is 1. The summed E-state index contributed by atoms with van der Waals surface area (Å²) < 4.78 is 33.0. The first-order valence-corrected chi connectivity index (χ1v) is 10.5. The Bertz CT molecular complexity index is 833. The van der Waals surface area contributed by atoms with Crippen LogP contribution in [0.4, 0.5) is 9.59 Å². The number of ether oxygens (including phenoxy) is 4. The highest BCUT2D eigenvalue weighted by molar-refractivity contribution is 7.45. The summed E-state index contributed by atoms with van der Waals surface area (Å²) in [6, 6.07) is -0.478. The zero-order valence-corrected chi connectivity index (χ0v) is 17.6. The predicted molar refractivity (Wildman–Crippen MR) is 104 cm³/mol. The van der Waals surface area contributed by atoms with Gasteiger partial charge in [0, 0.05) is 25.0 Å². The van der Waals surface area contributed by atoms with Gasteiger partial charge in [0.05, 0.1) is 12.2 Å². The van der Waals surface area contributed by atoms with Crippen molar-refractivity contribution in [3.8, 4) is 0 Å². The molecule has 1 heterocycles. The number of H-pyrrole nitrogens is 1. The minimum Gasteiger partial charge on any atom is -0.431 e. The monoisotopic (exact) mass is 432 g/mol. The van der Waals surface area contributed by atoms with Gasteiger partial charge < -0.3 is 23.5 Å². The second-order valence-corrected chi connectivity index (χ2v) is 8.12. The van der Waals surface area contributed by atoms with Crippen molar-refractivity contribution in [1.82, 2.24) is 9.55 Å². The Morgan fingerprint density at radius 3 is 2.07 bits per heavy atom. The van der Waals surface area contributed by atoms with E-state index in [1.54, 1.807) is 27.7 Å². The van der Waals surface area contributed by atoms with Gasteiger partial charge in [0.2, 0.25) is 0 Å². The molecule has 0 bridgehead atoms. The summed E-state index contributed by atoms with van der Waals surface area (Å²) in [5, 5.41) is 0. The van der Waals surface area contributed by atoms with Crippen LogP contribution in [0.25, 0.3) is 0 Å². The third-order valence-electron chi connectivity index (χ3n) is 3.02. The molecule has 1 aromatic rings. The smallest absolute Gasteiger partial charge is 0.431 e. The number of nitrogens with one attached hydrogen (secondary N) is 1. The van der Waals surface area contributed by atoms with Crippen molar-refractivity contribution in [2.45, 2.75) is 52.5 Å². The van der Waals surface area contributed by atoms with Crippen LogP contribution in [0.3, 0.4) is 0 Å². The molecule has 0 aliphatic heterocycles. The summed E-state index contributed by atoms with van der Waals surface area (Å²) >= 11 is 0. The van der Waals surface area contributed by atoms with E-state index < -0.39 is 49.6 Å². The maximum atomic E-state index is 12.5. The first-order valence-electron chi connectivity index (χ1n) is 8.80. The van der Waals surface area contributed by atoms with Crippen molar-refractivity contribution < 1.29 is 33.1 Å². The molecular formula is C17H25N2O9P. The Kier molecular flexibility index (Phi) is 9.94. The molecule has 0 aliphatic rings. The number of aromatic amines is 1. The Hall–Kier alpha value is -2.81. The van der Waals surface area contributed by atoms with Crippen molar-refractivity contribution in [1.29, 1.82) is 0 Å². The molecule has 1 atom stereocenters. The first-order chi connectivity index (χ1) is 13.6. The Morgan fingerprint density at radius 1 is 1.03 bits per heavy atom. The maximum absolute atomic E-state index is 12.5. The summed E-state index contributed by atoms with van der Waals surface area (Å²) in [5.41, 5.74) is -1.11. The zero-order valence-electron chi connectivity index (χ0n) is 16.6. The van der Waals surface area contributed by atoms with Crippen LogP contribution in [0.1, 0.15) is 27.7 Å². The van der Waals surface area contributed by atoms with Gasteiger partial charge in [-0.25, -0.2) is 14.4 Å². The maximum Gasteiger partial charge on any atom is 0.512 e. The van der Waals surface area contributed by atoms with Crippen LogP contribution < -0.4 is 11.2 Å². The molecule has 0 fully saturated rings. The van der Waals surface area contributed by atoms with E-state index in [0.717, 1.165) is 0 Å². The van der Waals surface area contributed by atoms with Crippen LogP contribution in [0.5, 0.6) is 0 Å². The fourth-order valence-electron chi connectivity index (χ4n) is 1.84. The van der Waals surface area contributed by atoms with E-state index in [9.17, 15) is 23.7 Å². The summed E-state index contributed by atoms with van der Waals surface area (Å²) in [5.74, 6) is 0. The molecule has 1 aromatic heterocycles. The predicted octanol–water partition coefficient (Wildman–Crippen LogP) is 2.06. The fourth-order valence-corrected chi connectivity index (χ4v) is 2.89. The van der Waals surface area contributed by atoms with Crippen LogP contribution >= 0.6 is 7.80 Å². The molecule has 1 rings (SSSR count). The van der Waals surface area contributed by atoms with Crippen LogP contribution in [-0.2, 0) is 30.1 Å². The van der Waals surface area contributed by atoms with E-state index in [1.807, 2.05) is 0 Å². The number of aromatic nitrogens is 2. The van der Waals surface area contributed by atoms with Crippen LogP contribution in [0.15, 0.2) is 34.0 Å². The lowest BCUT2D eigenvalue weighted by Gasteiger charge is -2.18. The van der Waals surface area contributed by atoms with E-state index in [4.69, 9.17) is 18.9 Å². The van der Waals surface area contributed by atoms with Crippen molar-refractivity contribution in [3.05, 3.63) is 45.3 Å². The van der Waals surface area contributed by atoms with Gasteiger partial charge in [0.25, 0.3) is 5.56 Å². The molecular weight excluding hydrogens is 407 g/mol. The van der Waals surface area contributed by atoms with Gasteiger partial charge in [-0.3, -0.25) is 14.3 Å². The molecule has 1 unspecified atom stereocenters. The number of allylic oxidation sites excluding steroid dienone is 2. The average molecular weight is 432 g/mol. The fraction of sp³-hybridized carbons (Fsp3) is 0.529. The van der Waals surface area contributed by atoms with E-state index in [-0.39, 0.29) is 12.7 Å². The van der Waals surface area contributed by atoms with Gasteiger partial charge in [0.15, 0.2) is 7.80 Å². The number of hydrogen-bond acceptors (Lipinski definition) is 9. The zero-order chi connectivity index (χ0) is 22.0. The second-order valence-electron chi connectivity index (χ2n) is 6.31. The highest BCUT2D eigenvalue weighted by Gasteiger charge is 2.27. The Morgan fingerprint density at radius 2 is 1.59 bits per heavy atom. The van der Waals surface area contributed by atoms with E-state index >= 15 is 0 Å². The van der Waals surface area contributed by atoms with Gasteiger partial charge in [-0.15, -0.1) is 0 Å². The van der Waals surface area contributed by atoms with Crippen molar-refractivity contribution >= 4 is 20.1 Å². The van der Waals surface area contributed by atoms with E-state index in [0.29, 0.717) is 0 Å². The summed E-state index contributed by atoms with van der Waals surface area (Å²) in [6.07, 6.45) is 0.990. The molecule has 162 valence electrons. The highest BCUT2D eigenvalue weighted by atomic mass is 31.1. The number of hydrogen-bond donors (Lipinski definition) is 1. The summed E-state index contributed by atoms with van der Waals surface area (Å²) in [6.45, 7) is 6.48. The summed E-state index contributed by atoms with van der Waals surface area (Å²) in [4.78, 5) is 48.0. The van der Waals surface area contributed by atoms with Gasteiger partial charge in [0.1, 0.15) is 0 Å². The first kappa shape index (κ1) is 24.2. The van der Waals surface area contributed by atoms with Crippen molar-refractivity contribution in [2.24, 2.45) is 0 Å². The Labute approximate surface area is 167 Å². The largest absolute Gasteiger partial charge is 0.512 e. The second kappa shape index (κ2) is 11.9. The van der Waals surface area contributed by atoms with Gasteiger partial charge in [-0.2, -0.15) is 0 Å². The molecule has 0 amide bonds. The van der Waals surface area contributed by atoms with Crippen molar-refractivity contribution in [3.63, 3.8) is 0 Å². The van der Waals surface area contributed by atoms with Gasteiger partial charge in [-0.1, -0.05) is 12.2 Å². The third-order valence-corrected chi connectivity index (χ3v) is 4.42. The normalized spacial score (nSPS) is 12.4. The van der Waals surface area contributed by atoms with E-state index in [2.05, 4.69) is 4.98 Å². The molecule has 0 spiro atoms. The number of carbonyl (C=O) groups excluding carboxylic acids is 2. The highest BCUT2D eigenvalue weighted by Crippen LogP contribution is 2.31. The number of carbonyl (C=O) groups is 2. The van der Waals surface area contributed by atoms with Crippen LogP contribution in [-0.4, -0.2) is 46.3 Å². The SMILES string of the molecule is CC(C)OC(=O)OC(OC(=O)OC(C)C)[PH](=O)C/C=C\Cn1ccc(=O)[nH]c1=O. The minimum absolute atomic E-state index is 0.0860. The van der Waals surface area contributed by atoms with Crippen molar-refractivity contribution in [2.75, 3.05) is 6.16 Å². The van der Waals surface area contributed by atoms with Gasteiger partial charge in [-0.05, 0) is 27.7 Å². The molecule has 0 saturated carbocycles. The van der Waals surface area contributed by atoms with Gasteiger partial charge >= 0.3 is 24.0 Å². The molecule has 1 N–H and O–H groups in total. The average Bonchev–Trinajstić information content (AvgIpc) is 2.58. The molecule has 29 heavy (non-hydrogen) atoms. The topological polar surface area (TPSA) is 143 Å². The standard InChI is InChI=1S/C17H25N2O9P/c1-11(2)25-15(22)27-17(28-16(23)26-12(3)4)29(24)10-6-5-8-19-9-7-13(20)18-14(19)21/h5-7,9,11-12,17,29H,8,10H2,1-4H3,(H,18,20,21)/b6-5-. The lowest BCUT2D eigenvalue weighted by molar-refractivity contribution is -0.0715. The summed E-state index contributed by atoms with van der Waals surface area (Å²) in [7, 11) is -2.79. The molecule has 0 aromatic carbocycles.